The van der Waals surface area contributed by atoms with E-state index in [4.69, 9.17) is 9.47 Å². The first-order chi connectivity index (χ1) is 13.9. The fraction of sp³-hybridized carbons (Fsp3) is 0.167. The molecule has 1 N–H and O–H groups in total. The van der Waals surface area contributed by atoms with E-state index in [0.717, 1.165) is 22.3 Å². The first-order valence-corrected chi connectivity index (χ1v) is 9.19. The van der Waals surface area contributed by atoms with Crippen LogP contribution in [-0.4, -0.2) is 26.1 Å². The van der Waals surface area contributed by atoms with E-state index in [9.17, 15) is 9.59 Å². The molecule has 1 amide bonds. The molecule has 0 radical (unpaired) electrons. The van der Waals surface area contributed by atoms with Crippen LogP contribution in [0.4, 0.5) is 5.69 Å². The van der Waals surface area contributed by atoms with E-state index in [1.54, 1.807) is 31.4 Å². The summed E-state index contributed by atoms with van der Waals surface area (Å²) < 4.78 is 10.1. The fourth-order valence-electron chi connectivity index (χ4n) is 3.16. The molecule has 0 saturated heterocycles. The number of hydrogen-bond donors (Lipinski definition) is 1. The Morgan fingerprint density at radius 3 is 2.28 bits per heavy atom. The smallest absolute Gasteiger partial charge is 0.339 e. The summed E-state index contributed by atoms with van der Waals surface area (Å²) in [7, 11) is 2.86. The molecule has 0 bridgehead atoms. The Bertz CT molecular complexity index is 1070. The third-order valence-electron chi connectivity index (χ3n) is 4.82. The van der Waals surface area contributed by atoms with E-state index in [2.05, 4.69) is 5.32 Å². The molecule has 0 atom stereocenters. The molecule has 0 aliphatic carbocycles. The van der Waals surface area contributed by atoms with Crippen molar-refractivity contribution in [2.75, 3.05) is 19.5 Å². The number of carbonyl (C=O) groups is 2. The van der Waals surface area contributed by atoms with Gasteiger partial charge in [-0.2, -0.15) is 0 Å². The molecule has 0 saturated carbocycles. The normalized spacial score (nSPS) is 10.3. The summed E-state index contributed by atoms with van der Waals surface area (Å²) in [5.74, 6) is -0.255. The van der Waals surface area contributed by atoms with Crippen molar-refractivity contribution in [2.45, 2.75) is 13.8 Å². The first-order valence-electron chi connectivity index (χ1n) is 9.19. The van der Waals surface area contributed by atoms with Crippen LogP contribution in [0.2, 0.25) is 0 Å². The number of hydrogen-bond acceptors (Lipinski definition) is 4. The molecule has 29 heavy (non-hydrogen) atoms. The third-order valence-corrected chi connectivity index (χ3v) is 4.82. The van der Waals surface area contributed by atoms with E-state index in [1.807, 2.05) is 50.2 Å². The predicted molar refractivity (Wildman–Crippen MR) is 114 cm³/mol. The number of rotatable bonds is 5. The molecule has 0 aliphatic heterocycles. The van der Waals surface area contributed by atoms with Crippen molar-refractivity contribution in [1.82, 2.24) is 0 Å². The SMILES string of the molecule is COC(=O)c1ccc(-c2ccccc2C)cc1NC(=O)c1cc(OC)ccc1C. The number of aryl methyl sites for hydroxylation is 2. The maximum Gasteiger partial charge on any atom is 0.339 e. The van der Waals surface area contributed by atoms with Crippen LogP contribution in [0.5, 0.6) is 5.75 Å². The summed E-state index contributed by atoms with van der Waals surface area (Å²) in [6.07, 6.45) is 0. The standard InChI is InChI=1S/C24H23NO4/c1-15-7-5-6-8-19(15)17-10-12-20(24(27)29-4)22(13-17)25-23(26)21-14-18(28-3)11-9-16(21)2/h5-14H,1-4H3,(H,25,26). The van der Waals surface area contributed by atoms with Crippen molar-refractivity contribution in [3.63, 3.8) is 0 Å². The largest absolute Gasteiger partial charge is 0.497 e. The topological polar surface area (TPSA) is 64.6 Å². The van der Waals surface area contributed by atoms with Crippen molar-refractivity contribution < 1.29 is 19.1 Å². The number of ether oxygens (including phenoxy) is 2. The van der Waals surface area contributed by atoms with Gasteiger partial charge in [-0.15, -0.1) is 0 Å². The molecule has 148 valence electrons. The van der Waals surface area contributed by atoms with Crippen LogP contribution in [0.25, 0.3) is 11.1 Å². The Balaban J connectivity index is 2.04. The molecule has 0 aliphatic rings. The van der Waals surface area contributed by atoms with Crippen LogP contribution in [0.3, 0.4) is 0 Å². The van der Waals surface area contributed by atoms with Gasteiger partial charge in [0.15, 0.2) is 0 Å². The highest BCUT2D eigenvalue weighted by Crippen LogP contribution is 2.29. The maximum absolute atomic E-state index is 13.0. The molecule has 0 aromatic heterocycles. The minimum atomic E-state index is -0.515. The van der Waals surface area contributed by atoms with Gasteiger partial charge in [-0.05, 0) is 60.4 Å². The molecule has 0 unspecified atom stereocenters. The molecule has 0 heterocycles. The number of nitrogens with one attached hydrogen (secondary N) is 1. The van der Waals surface area contributed by atoms with Gasteiger partial charge in [-0.1, -0.05) is 36.4 Å². The van der Waals surface area contributed by atoms with E-state index >= 15 is 0 Å². The Kier molecular flexibility index (Phi) is 5.98. The molecule has 3 aromatic rings. The van der Waals surface area contributed by atoms with Crippen molar-refractivity contribution in [3.05, 3.63) is 82.9 Å². The molecule has 3 rings (SSSR count). The average molecular weight is 389 g/mol. The lowest BCUT2D eigenvalue weighted by Gasteiger charge is -2.14. The lowest BCUT2D eigenvalue weighted by Crippen LogP contribution is -2.16. The van der Waals surface area contributed by atoms with Crippen LogP contribution in [0, 0.1) is 13.8 Å². The molecular weight excluding hydrogens is 366 g/mol. The third kappa shape index (κ3) is 4.29. The number of carbonyl (C=O) groups excluding carboxylic acids is 2. The highest BCUT2D eigenvalue weighted by molar-refractivity contribution is 6.09. The highest BCUT2D eigenvalue weighted by Gasteiger charge is 2.18. The zero-order chi connectivity index (χ0) is 21.0. The van der Waals surface area contributed by atoms with E-state index in [0.29, 0.717) is 22.6 Å². The lowest BCUT2D eigenvalue weighted by atomic mass is 9.98. The van der Waals surface area contributed by atoms with Gasteiger partial charge < -0.3 is 14.8 Å². The number of anilines is 1. The minimum absolute atomic E-state index is 0.290. The summed E-state index contributed by atoms with van der Waals surface area (Å²) in [6.45, 7) is 3.86. The van der Waals surface area contributed by atoms with Gasteiger partial charge in [-0.3, -0.25) is 4.79 Å². The molecule has 5 heteroatoms. The van der Waals surface area contributed by atoms with Crippen molar-refractivity contribution in [1.29, 1.82) is 0 Å². The molecular formula is C24H23NO4. The molecule has 3 aromatic carbocycles. The zero-order valence-electron chi connectivity index (χ0n) is 16.9. The van der Waals surface area contributed by atoms with E-state index < -0.39 is 5.97 Å². The van der Waals surface area contributed by atoms with E-state index in [1.165, 1.54) is 7.11 Å². The Labute approximate surface area is 170 Å². The van der Waals surface area contributed by atoms with Crippen molar-refractivity contribution in [2.24, 2.45) is 0 Å². The second-order valence-corrected chi connectivity index (χ2v) is 6.70. The van der Waals surface area contributed by atoms with Gasteiger partial charge in [0.2, 0.25) is 0 Å². The summed E-state index contributed by atoms with van der Waals surface area (Å²) in [4.78, 5) is 25.2. The fourth-order valence-corrected chi connectivity index (χ4v) is 3.16. The zero-order valence-corrected chi connectivity index (χ0v) is 16.9. The molecule has 5 nitrogen and oxygen atoms in total. The van der Waals surface area contributed by atoms with Crippen LogP contribution in [-0.2, 0) is 4.74 Å². The van der Waals surface area contributed by atoms with Gasteiger partial charge in [-0.25, -0.2) is 4.79 Å². The predicted octanol–water partition coefficient (Wildman–Crippen LogP) is 5.02. The quantitative estimate of drug-likeness (QED) is 0.623. The Hall–Kier alpha value is -3.60. The second-order valence-electron chi connectivity index (χ2n) is 6.70. The summed E-state index contributed by atoms with van der Waals surface area (Å²) in [6, 6.07) is 18.5. The Morgan fingerprint density at radius 1 is 0.828 bits per heavy atom. The van der Waals surface area contributed by atoms with Gasteiger partial charge >= 0.3 is 5.97 Å². The Morgan fingerprint density at radius 2 is 1.59 bits per heavy atom. The average Bonchev–Trinajstić information content (AvgIpc) is 2.73. The van der Waals surface area contributed by atoms with Gasteiger partial charge in [0.05, 0.1) is 25.5 Å². The van der Waals surface area contributed by atoms with Crippen LogP contribution >= 0.6 is 0 Å². The summed E-state index contributed by atoms with van der Waals surface area (Å²) >= 11 is 0. The number of esters is 1. The van der Waals surface area contributed by atoms with Crippen LogP contribution in [0.15, 0.2) is 60.7 Å². The minimum Gasteiger partial charge on any atom is -0.497 e. The lowest BCUT2D eigenvalue weighted by molar-refractivity contribution is 0.0602. The van der Waals surface area contributed by atoms with Gasteiger partial charge in [0.25, 0.3) is 5.91 Å². The first kappa shape index (κ1) is 20.1. The van der Waals surface area contributed by atoms with Crippen molar-refractivity contribution >= 4 is 17.6 Å². The number of benzene rings is 3. The number of methoxy groups -OCH3 is 2. The van der Waals surface area contributed by atoms with Gasteiger partial charge in [0.1, 0.15) is 5.75 Å². The van der Waals surface area contributed by atoms with Crippen molar-refractivity contribution in [3.8, 4) is 16.9 Å². The number of amides is 1. The highest BCUT2D eigenvalue weighted by atomic mass is 16.5. The van der Waals surface area contributed by atoms with Crippen LogP contribution < -0.4 is 10.1 Å². The second kappa shape index (κ2) is 8.61. The maximum atomic E-state index is 13.0. The van der Waals surface area contributed by atoms with E-state index in [-0.39, 0.29) is 5.91 Å². The summed E-state index contributed by atoms with van der Waals surface area (Å²) in [5.41, 5.74) is 4.98. The van der Waals surface area contributed by atoms with Gasteiger partial charge in [0, 0.05) is 5.56 Å². The summed E-state index contributed by atoms with van der Waals surface area (Å²) in [5, 5.41) is 2.87. The molecule has 0 fully saturated rings. The van der Waals surface area contributed by atoms with Crippen LogP contribution in [0.1, 0.15) is 31.8 Å². The molecule has 0 spiro atoms. The monoisotopic (exact) mass is 389 g/mol.